The maximum atomic E-state index is 6.51. The first-order valence-electron chi connectivity index (χ1n) is 15.6. The highest BCUT2D eigenvalue weighted by Gasteiger charge is 2.19. The molecule has 1 aromatic heterocycles. The van der Waals surface area contributed by atoms with Gasteiger partial charge in [0.1, 0.15) is 11.3 Å². The smallest absolute Gasteiger partial charge is 0.143 e. The fraction of sp³-hybridized carbons (Fsp3) is 0. The van der Waals surface area contributed by atoms with Crippen LogP contribution in [0.25, 0.3) is 55.7 Å². The molecule has 1 heterocycles. The van der Waals surface area contributed by atoms with Gasteiger partial charge in [-0.25, -0.2) is 0 Å². The fourth-order valence-electron chi connectivity index (χ4n) is 6.22. The van der Waals surface area contributed by atoms with Crippen molar-refractivity contribution in [2.24, 2.45) is 0 Å². The van der Waals surface area contributed by atoms with Crippen molar-refractivity contribution in [2.45, 2.75) is 0 Å². The first kappa shape index (κ1) is 27.4. The Bertz CT molecular complexity index is 2120. The van der Waals surface area contributed by atoms with E-state index in [9.17, 15) is 0 Å². The summed E-state index contributed by atoms with van der Waals surface area (Å²) in [5.74, 6) is 0.880. The van der Waals surface area contributed by atoms with Crippen LogP contribution in [-0.4, -0.2) is 0 Å². The summed E-state index contributed by atoms with van der Waals surface area (Å²) in [7, 11) is 0. The monoisotopic (exact) mass is 589 g/mol. The van der Waals surface area contributed by atoms with Gasteiger partial charge in [0.05, 0.1) is 0 Å². The van der Waals surface area contributed by atoms with E-state index in [2.05, 4.69) is 175 Å². The van der Waals surface area contributed by atoms with Crippen molar-refractivity contribution in [2.75, 3.05) is 4.90 Å². The van der Waals surface area contributed by atoms with Crippen LogP contribution >= 0.6 is 0 Å². The summed E-state index contributed by atoms with van der Waals surface area (Å²) in [5.41, 5.74) is 12.2. The van der Waals surface area contributed by atoms with Crippen LogP contribution < -0.4 is 4.90 Å². The molecule has 0 radical (unpaired) electrons. The maximum Gasteiger partial charge on any atom is 0.143 e. The van der Waals surface area contributed by atoms with Gasteiger partial charge in [0.15, 0.2) is 0 Å². The van der Waals surface area contributed by atoms with E-state index in [0.717, 1.165) is 50.5 Å². The van der Waals surface area contributed by atoms with Crippen molar-refractivity contribution in [1.82, 2.24) is 0 Å². The minimum Gasteiger partial charge on any atom is -0.455 e. The van der Waals surface area contributed by atoms with Crippen LogP contribution in [0.1, 0.15) is 0 Å². The average Bonchev–Trinajstić information content (AvgIpc) is 3.54. The summed E-state index contributed by atoms with van der Waals surface area (Å²) in [6.07, 6.45) is 0. The van der Waals surface area contributed by atoms with Gasteiger partial charge in [-0.2, -0.15) is 0 Å². The highest BCUT2D eigenvalue weighted by atomic mass is 16.3. The number of para-hydroxylation sites is 1. The Balaban J connectivity index is 1.20. The molecule has 0 saturated heterocycles. The molecular weight excluding hydrogens is 558 g/mol. The van der Waals surface area contributed by atoms with Crippen LogP contribution in [0, 0.1) is 0 Å². The van der Waals surface area contributed by atoms with Crippen molar-refractivity contribution in [3.63, 3.8) is 0 Å². The Morgan fingerprint density at radius 2 is 0.674 bits per heavy atom. The highest BCUT2D eigenvalue weighted by molar-refractivity contribution is 6.01. The van der Waals surface area contributed by atoms with E-state index >= 15 is 0 Å². The van der Waals surface area contributed by atoms with Crippen LogP contribution in [-0.2, 0) is 0 Å². The third kappa shape index (κ3) is 5.27. The number of anilines is 3. The van der Waals surface area contributed by atoms with Crippen molar-refractivity contribution in [3.8, 4) is 44.7 Å². The summed E-state index contributed by atoms with van der Waals surface area (Å²) in [4.78, 5) is 2.31. The summed E-state index contributed by atoms with van der Waals surface area (Å²) in [5, 5.41) is 1.12. The number of nitrogens with zero attached hydrogens (tertiary/aromatic N) is 1. The van der Waals surface area contributed by atoms with Gasteiger partial charge in [-0.05, 0) is 82.4 Å². The Hall–Kier alpha value is -6.12. The third-order valence-electron chi connectivity index (χ3n) is 8.51. The van der Waals surface area contributed by atoms with Crippen LogP contribution in [0.4, 0.5) is 17.1 Å². The number of fused-ring (bicyclic) bond motifs is 1. The molecule has 8 rings (SSSR count). The molecule has 0 aliphatic carbocycles. The van der Waals surface area contributed by atoms with E-state index in [1.54, 1.807) is 0 Å². The summed E-state index contributed by atoms with van der Waals surface area (Å²) < 4.78 is 6.51. The molecule has 0 bridgehead atoms. The summed E-state index contributed by atoms with van der Waals surface area (Å²) >= 11 is 0. The molecule has 0 aliphatic rings. The van der Waals surface area contributed by atoms with Crippen LogP contribution in [0.15, 0.2) is 192 Å². The van der Waals surface area contributed by atoms with Crippen molar-refractivity contribution in [1.29, 1.82) is 0 Å². The first-order valence-corrected chi connectivity index (χ1v) is 15.6. The number of hydrogen-bond donors (Lipinski definition) is 0. The summed E-state index contributed by atoms with van der Waals surface area (Å²) in [6.45, 7) is 0. The highest BCUT2D eigenvalue weighted by Crippen LogP contribution is 2.42. The number of hydrogen-bond acceptors (Lipinski definition) is 2. The Morgan fingerprint density at radius 1 is 0.304 bits per heavy atom. The zero-order valence-electron chi connectivity index (χ0n) is 25.3. The SMILES string of the molecule is c1ccc(-c2ccc(N(c3ccc(-c4ccccc4)cc3)c3ccc(-c4oc5ccccc5c4-c4ccccc4)cc3)cc2)cc1. The normalized spacial score (nSPS) is 11.0. The predicted molar refractivity (Wildman–Crippen MR) is 193 cm³/mol. The van der Waals surface area contributed by atoms with Gasteiger partial charge < -0.3 is 9.32 Å². The largest absolute Gasteiger partial charge is 0.455 e. The molecule has 0 aliphatic heterocycles. The third-order valence-corrected chi connectivity index (χ3v) is 8.51. The van der Waals surface area contributed by atoms with Gasteiger partial charge in [0, 0.05) is 33.6 Å². The molecule has 0 spiro atoms. The topological polar surface area (TPSA) is 16.4 Å². The van der Waals surface area contributed by atoms with E-state index in [0.29, 0.717) is 0 Å². The number of furan rings is 1. The molecule has 0 N–H and O–H groups in total. The van der Waals surface area contributed by atoms with Crippen molar-refractivity contribution >= 4 is 28.0 Å². The number of benzene rings is 7. The molecule has 0 fully saturated rings. The molecule has 2 heteroatoms. The maximum absolute atomic E-state index is 6.51. The predicted octanol–water partition coefficient (Wildman–Crippen LogP) is 12.6. The average molecular weight is 590 g/mol. The lowest BCUT2D eigenvalue weighted by Crippen LogP contribution is -2.09. The molecule has 0 amide bonds. The molecule has 46 heavy (non-hydrogen) atoms. The van der Waals surface area contributed by atoms with Crippen molar-refractivity contribution in [3.05, 3.63) is 188 Å². The summed E-state index contributed by atoms with van der Waals surface area (Å²) in [6, 6.07) is 66.1. The first-order chi connectivity index (χ1) is 22.8. The van der Waals surface area contributed by atoms with Crippen LogP contribution in [0.2, 0.25) is 0 Å². The second-order valence-electron chi connectivity index (χ2n) is 11.4. The Labute approximate surface area is 269 Å². The van der Waals surface area contributed by atoms with E-state index < -0.39 is 0 Å². The molecular formula is C44H31NO. The lowest BCUT2D eigenvalue weighted by molar-refractivity contribution is 0.632. The van der Waals surface area contributed by atoms with Gasteiger partial charge in [-0.3, -0.25) is 0 Å². The molecule has 7 aromatic carbocycles. The van der Waals surface area contributed by atoms with Crippen molar-refractivity contribution < 1.29 is 4.42 Å². The minimum absolute atomic E-state index is 0.880. The van der Waals surface area contributed by atoms with Gasteiger partial charge in [-0.1, -0.05) is 133 Å². The van der Waals surface area contributed by atoms with E-state index in [4.69, 9.17) is 4.42 Å². The quantitative estimate of drug-likeness (QED) is 0.184. The minimum atomic E-state index is 0.880. The van der Waals surface area contributed by atoms with Crippen LogP contribution in [0.5, 0.6) is 0 Å². The molecule has 0 saturated carbocycles. The van der Waals surface area contributed by atoms with E-state index in [-0.39, 0.29) is 0 Å². The number of rotatable bonds is 7. The molecule has 8 aromatic rings. The molecule has 0 atom stereocenters. The second-order valence-corrected chi connectivity index (χ2v) is 11.4. The molecule has 218 valence electrons. The lowest BCUT2D eigenvalue weighted by Gasteiger charge is -2.26. The van der Waals surface area contributed by atoms with Gasteiger partial charge in [-0.15, -0.1) is 0 Å². The van der Waals surface area contributed by atoms with Gasteiger partial charge in [0.25, 0.3) is 0 Å². The van der Waals surface area contributed by atoms with Crippen LogP contribution in [0.3, 0.4) is 0 Å². The lowest BCUT2D eigenvalue weighted by atomic mass is 9.98. The zero-order chi connectivity index (χ0) is 30.7. The van der Waals surface area contributed by atoms with Gasteiger partial charge in [0.2, 0.25) is 0 Å². The molecule has 2 nitrogen and oxygen atoms in total. The standard InChI is InChI=1S/C44H31NO/c1-4-12-32(13-5-1)34-20-26-38(27-21-34)45(39-28-22-35(23-29-39)33-14-6-2-7-15-33)40-30-24-37(25-31-40)44-43(36-16-8-3-9-17-36)41-18-10-11-19-42(41)46-44/h1-31H. The van der Waals surface area contributed by atoms with E-state index in [1.807, 2.05) is 18.2 Å². The zero-order valence-corrected chi connectivity index (χ0v) is 25.3. The fourth-order valence-corrected chi connectivity index (χ4v) is 6.22. The second kappa shape index (κ2) is 12.1. The Kier molecular flexibility index (Phi) is 7.22. The van der Waals surface area contributed by atoms with E-state index in [1.165, 1.54) is 22.3 Å². The van der Waals surface area contributed by atoms with Gasteiger partial charge >= 0.3 is 0 Å². The Morgan fingerprint density at radius 3 is 1.15 bits per heavy atom. The molecule has 0 unspecified atom stereocenters.